The molecule has 3 rings (SSSR count). The molecule has 104 valence electrons. The van der Waals surface area contributed by atoms with Gasteiger partial charge in [0, 0.05) is 12.1 Å². The summed E-state index contributed by atoms with van der Waals surface area (Å²) in [5.74, 6) is 0.198. The van der Waals surface area contributed by atoms with Gasteiger partial charge in [0.15, 0.2) is 5.43 Å². The molecule has 21 heavy (non-hydrogen) atoms. The number of aryl methyl sites for hydroxylation is 1. The summed E-state index contributed by atoms with van der Waals surface area (Å²) < 4.78 is 5.67. The molecule has 0 aliphatic heterocycles. The van der Waals surface area contributed by atoms with Crippen LogP contribution >= 0.6 is 0 Å². The standard InChI is InChI=1S/C16H11NO4/c1-10-6-7-15-12(8-10)14(18)9-16(21-15)11-4-2-3-5-13(11)17(19)20/h2-9H,1H3. The van der Waals surface area contributed by atoms with Gasteiger partial charge < -0.3 is 4.42 Å². The van der Waals surface area contributed by atoms with Crippen molar-refractivity contribution < 1.29 is 9.34 Å². The number of nitro benzene ring substituents is 1. The molecule has 0 radical (unpaired) electrons. The highest BCUT2D eigenvalue weighted by Crippen LogP contribution is 2.30. The Balaban J connectivity index is 2.30. The molecular formula is C16H11NO4. The van der Waals surface area contributed by atoms with Gasteiger partial charge in [0.25, 0.3) is 5.69 Å². The molecule has 0 spiro atoms. The van der Waals surface area contributed by atoms with Gasteiger partial charge in [0.2, 0.25) is 0 Å². The van der Waals surface area contributed by atoms with Crippen molar-refractivity contribution in [3.05, 3.63) is 74.4 Å². The molecule has 3 aromatic rings. The lowest BCUT2D eigenvalue weighted by molar-refractivity contribution is -0.384. The zero-order valence-electron chi connectivity index (χ0n) is 11.2. The monoisotopic (exact) mass is 281 g/mol. The van der Waals surface area contributed by atoms with Crippen LogP contribution in [0.15, 0.2) is 57.7 Å². The molecule has 0 saturated heterocycles. The fourth-order valence-electron chi connectivity index (χ4n) is 2.24. The second kappa shape index (κ2) is 4.86. The Morgan fingerprint density at radius 2 is 1.86 bits per heavy atom. The van der Waals surface area contributed by atoms with Gasteiger partial charge in [-0.05, 0) is 25.1 Å². The SMILES string of the molecule is Cc1ccc2oc(-c3ccccc3[N+](=O)[O-])cc(=O)c2c1. The summed E-state index contributed by atoms with van der Waals surface area (Å²) in [6.07, 6.45) is 0. The zero-order chi connectivity index (χ0) is 15.0. The fourth-order valence-corrected chi connectivity index (χ4v) is 2.24. The van der Waals surface area contributed by atoms with Crippen molar-refractivity contribution in [2.45, 2.75) is 6.92 Å². The summed E-state index contributed by atoms with van der Waals surface area (Å²) in [5.41, 5.74) is 1.36. The quantitative estimate of drug-likeness (QED) is 0.530. The molecule has 0 N–H and O–H groups in total. The zero-order valence-corrected chi connectivity index (χ0v) is 11.2. The molecule has 0 saturated carbocycles. The van der Waals surface area contributed by atoms with Crippen LogP contribution in [0.4, 0.5) is 5.69 Å². The van der Waals surface area contributed by atoms with E-state index in [1.54, 1.807) is 30.3 Å². The number of benzene rings is 2. The van der Waals surface area contributed by atoms with Gasteiger partial charge in [-0.1, -0.05) is 23.8 Å². The Morgan fingerprint density at radius 3 is 2.62 bits per heavy atom. The van der Waals surface area contributed by atoms with E-state index in [-0.39, 0.29) is 16.9 Å². The van der Waals surface area contributed by atoms with E-state index in [1.807, 2.05) is 13.0 Å². The number of rotatable bonds is 2. The Labute approximate surface area is 119 Å². The molecule has 1 aromatic heterocycles. The van der Waals surface area contributed by atoms with E-state index in [2.05, 4.69) is 0 Å². The number of hydrogen-bond donors (Lipinski definition) is 0. The van der Waals surface area contributed by atoms with E-state index in [4.69, 9.17) is 4.42 Å². The summed E-state index contributed by atoms with van der Waals surface area (Å²) in [7, 11) is 0. The summed E-state index contributed by atoms with van der Waals surface area (Å²) in [5, 5.41) is 11.5. The summed E-state index contributed by atoms with van der Waals surface area (Å²) >= 11 is 0. The van der Waals surface area contributed by atoms with E-state index in [0.717, 1.165) is 5.56 Å². The maximum atomic E-state index is 12.2. The van der Waals surface area contributed by atoms with Gasteiger partial charge in [-0.15, -0.1) is 0 Å². The van der Waals surface area contributed by atoms with E-state index in [0.29, 0.717) is 16.5 Å². The smallest absolute Gasteiger partial charge is 0.280 e. The molecule has 0 aliphatic carbocycles. The molecular weight excluding hydrogens is 270 g/mol. The molecule has 0 atom stereocenters. The molecule has 0 aliphatic rings. The minimum absolute atomic E-state index is 0.0906. The first kappa shape index (κ1) is 13.1. The van der Waals surface area contributed by atoms with Crippen LogP contribution in [0.3, 0.4) is 0 Å². The van der Waals surface area contributed by atoms with Gasteiger partial charge in [-0.3, -0.25) is 14.9 Å². The molecule has 0 unspecified atom stereocenters. The van der Waals surface area contributed by atoms with Crippen LogP contribution in [0.2, 0.25) is 0 Å². The average molecular weight is 281 g/mol. The van der Waals surface area contributed by atoms with Crippen LogP contribution in [-0.4, -0.2) is 4.92 Å². The van der Waals surface area contributed by atoms with Crippen LogP contribution in [0, 0.1) is 17.0 Å². The van der Waals surface area contributed by atoms with Gasteiger partial charge in [-0.25, -0.2) is 0 Å². The highest BCUT2D eigenvalue weighted by atomic mass is 16.6. The largest absolute Gasteiger partial charge is 0.456 e. The Hall–Kier alpha value is -2.95. The van der Waals surface area contributed by atoms with Crippen molar-refractivity contribution in [3.63, 3.8) is 0 Å². The first-order valence-electron chi connectivity index (χ1n) is 6.34. The number of nitrogens with zero attached hydrogens (tertiary/aromatic N) is 1. The van der Waals surface area contributed by atoms with Gasteiger partial charge in [-0.2, -0.15) is 0 Å². The van der Waals surface area contributed by atoms with E-state index >= 15 is 0 Å². The van der Waals surface area contributed by atoms with Crippen molar-refractivity contribution in [1.82, 2.24) is 0 Å². The van der Waals surface area contributed by atoms with E-state index in [1.165, 1.54) is 12.1 Å². The van der Waals surface area contributed by atoms with Crippen molar-refractivity contribution in [3.8, 4) is 11.3 Å². The van der Waals surface area contributed by atoms with E-state index in [9.17, 15) is 14.9 Å². The molecule has 1 heterocycles. The lowest BCUT2D eigenvalue weighted by Gasteiger charge is -2.04. The maximum Gasteiger partial charge on any atom is 0.280 e. The number of para-hydroxylation sites is 1. The van der Waals surface area contributed by atoms with Gasteiger partial charge in [0.05, 0.1) is 15.9 Å². The van der Waals surface area contributed by atoms with Gasteiger partial charge >= 0.3 is 0 Å². The Morgan fingerprint density at radius 1 is 1.10 bits per heavy atom. The molecule has 2 aromatic carbocycles. The third kappa shape index (κ3) is 2.29. The predicted octanol–water partition coefficient (Wildman–Crippen LogP) is 3.68. The number of fused-ring (bicyclic) bond motifs is 1. The highest BCUT2D eigenvalue weighted by Gasteiger charge is 2.17. The van der Waals surface area contributed by atoms with Crippen LogP contribution in [0.1, 0.15) is 5.56 Å². The molecule has 0 amide bonds. The average Bonchev–Trinajstić information content (AvgIpc) is 2.47. The minimum atomic E-state index is -0.491. The Kier molecular flexibility index (Phi) is 3.02. The fraction of sp³-hybridized carbons (Fsp3) is 0.0625. The third-order valence-corrected chi connectivity index (χ3v) is 3.25. The molecule has 0 fully saturated rings. The van der Waals surface area contributed by atoms with Crippen LogP contribution in [0.25, 0.3) is 22.3 Å². The maximum absolute atomic E-state index is 12.2. The third-order valence-electron chi connectivity index (χ3n) is 3.25. The highest BCUT2D eigenvalue weighted by molar-refractivity contribution is 5.80. The summed E-state index contributed by atoms with van der Waals surface area (Å²) in [4.78, 5) is 22.8. The van der Waals surface area contributed by atoms with Crippen LogP contribution in [-0.2, 0) is 0 Å². The first-order chi connectivity index (χ1) is 10.1. The predicted molar refractivity (Wildman–Crippen MR) is 79.3 cm³/mol. The lowest BCUT2D eigenvalue weighted by Crippen LogP contribution is -2.01. The second-order valence-corrected chi connectivity index (χ2v) is 4.75. The van der Waals surface area contributed by atoms with Crippen molar-refractivity contribution >= 4 is 16.7 Å². The second-order valence-electron chi connectivity index (χ2n) is 4.75. The van der Waals surface area contributed by atoms with Crippen molar-refractivity contribution in [2.24, 2.45) is 0 Å². The minimum Gasteiger partial charge on any atom is -0.456 e. The number of hydrogen-bond acceptors (Lipinski definition) is 4. The number of nitro groups is 1. The van der Waals surface area contributed by atoms with Crippen LogP contribution in [0.5, 0.6) is 0 Å². The van der Waals surface area contributed by atoms with E-state index < -0.39 is 4.92 Å². The Bertz CT molecular complexity index is 912. The molecule has 0 bridgehead atoms. The normalized spacial score (nSPS) is 10.7. The van der Waals surface area contributed by atoms with Crippen molar-refractivity contribution in [1.29, 1.82) is 0 Å². The van der Waals surface area contributed by atoms with Crippen molar-refractivity contribution in [2.75, 3.05) is 0 Å². The van der Waals surface area contributed by atoms with Gasteiger partial charge in [0.1, 0.15) is 11.3 Å². The first-order valence-corrected chi connectivity index (χ1v) is 6.34. The molecule has 5 nitrogen and oxygen atoms in total. The summed E-state index contributed by atoms with van der Waals surface area (Å²) in [6, 6.07) is 12.8. The summed E-state index contributed by atoms with van der Waals surface area (Å²) in [6.45, 7) is 1.88. The lowest BCUT2D eigenvalue weighted by atomic mass is 10.1. The molecule has 5 heteroatoms. The topological polar surface area (TPSA) is 73.3 Å². The van der Waals surface area contributed by atoms with Crippen LogP contribution < -0.4 is 5.43 Å².